The molecular weight excluding hydrogens is 218 g/mol. The number of hydrogen-bond donors (Lipinski definition) is 2. The van der Waals surface area contributed by atoms with Gasteiger partial charge in [-0.3, -0.25) is 9.59 Å². The van der Waals surface area contributed by atoms with E-state index in [-0.39, 0.29) is 18.4 Å². The minimum absolute atomic E-state index is 0.00995. The third kappa shape index (κ3) is 5.17. The van der Waals surface area contributed by atoms with Crippen molar-refractivity contribution in [1.82, 2.24) is 15.5 Å². The van der Waals surface area contributed by atoms with E-state index in [1.54, 1.807) is 0 Å². The zero-order valence-electron chi connectivity index (χ0n) is 10.8. The van der Waals surface area contributed by atoms with Gasteiger partial charge in [-0.1, -0.05) is 6.92 Å². The van der Waals surface area contributed by atoms with Gasteiger partial charge in [0.15, 0.2) is 0 Å². The maximum atomic E-state index is 11.9. The predicted molar refractivity (Wildman–Crippen MR) is 66.6 cm³/mol. The van der Waals surface area contributed by atoms with Gasteiger partial charge in [-0.15, -0.1) is 0 Å². The highest BCUT2D eigenvalue weighted by Crippen LogP contribution is 2.07. The Kier molecular flexibility index (Phi) is 5.97. The number of amides is 2. The van der Waals surface area contributed by atoms with Gasteiger partial charge in [-0.25, -0.2) is 0 Å². The molecule has 1 atom stereocenters. The van der Waals surface area contributed by atoms with Crippen LogP contribution >= 0.6 is 0 Å². The Labute approximate surface area is 103 Å². The molecule has 1 saturated heterocycles. The molecule has 0 saturated carbocycles. The summed E-state index contributed by atoms with van der Waals surface area (Å²) in [5, 5.41) is 5.94. The van der Waals surface area contributed by atoms with E-state index in [1.165, 1.54) is 13.3 Å². The maximum Gasteiger partial charge on any atom is 0.242 e. The third-order valence-corrected chi connectivity index (χ3v) is 2.94. The average molecular weight is 241 g/mol. The van der Waals surface area contributed by atoms with Gasteiger partial charge < -0.3 is 15.5 Å². The summed E-state index contributed by atoms with van der Waals surface area (Å²) in [6, 6.07) is 0.419. The van der Waals surface area contributed by atoms with Gasteiger partial charge in [0.05, 0.1) is 6.54 Å². The number of nitrogens with one attached hydrogen (secondary N) is 2. The van der Waals surface area contributed by atoms with Crippen molar-refractivity contribution < 1.29 is 9.59 Å². The molecule has 2 amide bonds. The normalized spacial score (nSPS) is 19.1. The van der Waals surface area contributed by atoms with Gasteiger partial charge >= 0.3 is 0 Å². The fourth-order valence-corrected chi connectivity index (χ4v) is 2.08. The van der Waals surface area contributed by atoms with Crippen molar-refractivity contribution in [3.05, 3.63) is 0 Å². The first kappa shape index (κ1) is 14.0. The van der Waals surface area contributed by atoms with Crippen LogP contribution in [0, 0.1) is 0 Å². The Morgan fingerprint density at radius 3 is 2.76 bits per heavy atom. The predicted octanol–water partition coefficient (Wildman–Crippen LogP) is 0.113. The first-order valence-corrected chi connectivity index (χ1v) is 6.39. The molecule has 1 heterocycles. The molecule has 0 aromatic carbocycles. The first-order chi connectivity index (χ1) is 8.13. The highest BCUT2D eigenvalue weighted by molar-refractivity contribution is 5.83. The summed E-state index contributed by atoms with van der Waals surface area (Å²) in [7, 11) is 0. The van der Waals surface area contributed by atoms with E-state index in [2.05, 4.69) is 17.6 Å². The number of hydrogen-bond acceptors (Lipinski definition) is 3. The molecule has 5 heteroatoms. The van der Waals surface area contributed by atoms with Crippen molar-refractivity contribution in [2.45, 2.75) is 39.2 Å². The summed E-state index contributed by atoms with van der Waals surface area (Å²) < 4.78 is 0. The highest BCUT2D eigenvalue weighted by atomic mass is 16.2. The van der Waals surface area contributed by atoms with Crippen molar-refractivity contribution >= 4 is 11.8 Å². The quantitative estimate of drug-likeness (QED) is 0.694. The van der Waals surface area contributed by atoms with Crippen LogP contribution in [0.2, 0.25) is 0 Å². The first-order valence-electron chi connectivity index (χ1n) is 6.39. The second-order valence-corrected chi connectivity index (χ2v) is 4.54. The molecule has 0 aromatic rings. The van der Waals surface area contributed by atoms with Crippen LogP contribution in [0.4, 0.5) is 0 Å². The SMILES string of the molecule is CCCN(CC1CCCN1)C(=O)CNC(C)=O. The monoisotopic (exact) mass is 241 g/mol. The van der Waals surface area contributed by atoms with Crippen molar-refractivity contribution in [2.24, 2.45) is 0 Å². The zero-order chi connectivity index (χ0) is 12.7. The Balaban J connectivity index is 2.39. The van der Waals surface area contributed by atoms with Crippen LogP contribution in [-0.2, 0) is 9.59 Å². The molecule has 5 nitrogen and oxygen atoms in total. The lowest BCUT2D eigenvalue weighted by atomic mass is 10.2. The number of rotatable bonds is 6. The summed E-state index contributed by atoms with van der Waals surface area (Å²) in [6.45, 7) is 6.16. The largest absolute Gasteiger partial charge is 0.347 e. The Morgan fingerprint density at radius 1 is 1.47 bits per heavy atom. The smallest absolute Gasteiger partial charge is 0.242 e. The van der Waals surface area contributed by atoms with E-state index in [0.717, 1.165) is 32.5 Å². The molecule has 0 aromatic heterocycles. The van der Waals surface area contributed by atoms with Crippen molar-refractivity contribution in [2.75, 3.05) is 26.2 Å². The maximum absolute atomic E-state index is 11.9. The molecule has 0 radical (unpaired) electrons. The topological polar surface area (TPSA) is 61.4 Å². The van der Waals surface area contributed by atoms with Crippen LogP contribution in [-0.4, -0.2) is 48.9 Å². The number of carbonyl (C=O) groups excluding carboxylic acids is 2. The molecule has 0 aliphatic carbocycles. The summed E-state index contributed by atoms with van der Waals surface area (Å²) >= 11 is 0. The van der Waals surface area contributed by atoms with E-state index >= 15 is 0 Å². The van der Waals surface area contributed by atoms with E-state index in [9.17, 15) is 9.59 Å². The molecular formula is C12H23N3O2. The average Bonchev–Trinajstić information content (AvgIpc) is 2.78. The zero-order valence-corrected chi connectivity index (χ0v) is 10.8. The van der Waals surface area contributed by atoms with E-state index in [4.69, 9.17) is 0 Å². The van der Waals surface area contributed by atoms with Gasteiger partial charge in [-0.05, 0) is 25.8 Å². The Bertz CT molecular complexity index is 262. The molecule has 1 aliphatic heterocycles. The fraction of sp³-hybridized carbons (Fsp3) is 0.833. The number of nitrogens with zero attached hydrogens (tertiary/aromatic N) is 1. The minimum Gasteiger partial charge on any atom is -0.347 e. The summed E-state index contributed by atoms with van der Waals surface area (Å²) in [4.78, 5) is 24.5. The van der Waals surface area contributed by atoms with Crippen LogP contribution in [0.5, 0.6) is 0 Å². The summed E-state index contributed by atoms with van der Waals surface area (Å²) in [5.74, 6) is -0.149. The lowest BCUT2D eigenvalue weighted by molar-refractivity contribution is -0.132. The molecule has 0 bridgehead atoms. The van der Waals surface area contributed by atoms with Gasteiger partial charge in [0.1, 0.15) is 0 Å². The summed E-state index contributed by atoms with van der Waals surface area (Å²) in [6.07, 6.45) is 3.26. The molecule has 17 heavy (non-hydrogen) atoms. The van der Waals surface area contributed by atoms with Gasteiger partial charge in [0.2, 0.25) is 11.8 Å². The lowest BCUT2D eigenvalue weighted by Crippen LogP contribution is -2.45. The molecule has 0 spiro atoms. The summed E-state index contributed by atoms with van der Waals surface area (Å²) in [5.41, 5.74) is 0. The molecule has 1 unspecified atom stereocenters. The van der Waals surface area contributed by atoms with Gasteiger partial charge in [0, 0.05) is 26.1 Å². The Morgan fingerprint density at radius 2 is 2.24 bits per heavy atom. The fourth-order valence-electron chi connectivity index (χ4n) is 2.08. The van der Waals surface area contributed by atoms with Gasteiger partial charge in [-0.2, -0.15) is 0 Å². The van der Waals surface area contributed by atoms with Crippen LogP contribution in [0.1, 0.15) is 33.1 Å². The van der Waals surface area contributed by atoms with E-state index in [1.807, 2.05) is 4.90 Å². The standard InChI is InChI=1S/C12H23N3O2/c1-3-7-15(9-11-5-4-6-13-11)12(17)8-14-10(2)16/h11,13H,3-9H2,1-2H3,(H,14,16). The molecule has 1 rings (SSSR count). The lowest BCUT2D eigenvalue weighted by Gasteiger charge is -2.25. The van der Waals surface area contributed by atoms with Crippen molar-refractivity contribution in [1.29, 1.82) is 0 Å². The third-order valence-electron chi connectivity index (χ3n) is 2.94. The van der Waals surface area contributed by atoms with E-state index < -0.39 is 0 Å². The Hall–Kier alpha value is -1.10. The van der Waals surface area contributed by atoms with Crippen molar-refractivity contribution in [3.8, 4) is 0 Å². The van der Waals surface area contributed by atoms with Crippen LogP contribution in [0.15, 0.2) is 0 Å². The van der Waals surface area contributed by atoms with Crippen LogP contribution < -0.4 is 10.6 Å². The highest BCUT2D eigenvalue weighted by Gasteiger charge is 2.20. The number of carbonyl (C=O) groups is 2. The van der Waals surface area contributed by atoms with E-state index in [0.29, 0.717) is 6.04 Å². The second-order valence-electron chi connectivity index (χ2n) is 4.54. The van der Waals surface area contributed by atoms with Gasteiger partial charge in [0.25, 0.3) is 0 Å². The van der Waals surface area contributed by atoms with Crippen molar-refractivity contribution in [3.63, 3.8) is 0 Å². The molecule has 2 N–H and O–H groups in total. The molecule has 98 valence electrons. The molecule has 1 aliphatic rings. The molecule has 1 fully saturated rings. The second kappa shape index (κ2) is 7.27. The van der Waals surface area contributed by atoms with Crippen LogP contribution in [0.3, 0.4) is 0 Å². The van der Waals surface area contributed by atoms with Crippen LogP contribution in [0.25, 0.3) is 0 Å². The minimum atomic E-state index is -0.159.